The van der Waals surface area contributed by atoms with Gasteiger partial charge >= 0.3 is 0 Å². The van der Waals surface area contributed by atoms with Crippen molar-refractivity contribution in [2.45, 2.75) is 0 Å². The van der Waals surface area contributed by atoms with Gasteiger partial charge in [0.2, 0.25) is 5.95 Å². The van der Waals surface area contributed by atoms with E-state index in [1.807, 2.05) is 11.4 Å². The molecule has 0 fully saturated rings. The van der Waals surface area contributed by atoms with Gasteiger partial charge in [-0.05, 0) is 24.3 Å². The number of hydrogen-bond acceptors (Lipinski definition) is 10. The lowest BCUT2D eigenvalue weighted by molar-refractivity contribution is 0.0963. The molecule has 0 saturated carbocycles. The Labute approximate surface area is 198 Å². The Morgan fingerprint density at radius 2 is 2.03 bits per heavy atom. The van der Waals surface area contributed by atoms with Gasteiger partial charge in [0, 0.05) is 24.3 Å². The summed E-state index contributed by atoms with van der Waals surface area (Å²) in [5.74, 6) is 0.187. The fraction of sp³-hybridized carbons (Fsp3) is 0.136. The summed E-state index contributed by atoms with van der Waals surface area (Å²) in [7, 11) is 3.20. The SMILES string of the molecule is [2H]C([2H])([2H])NC(=O)c1cnc(Nc2cccc(C#N)n2)nc1Nc1cccc(-c2ncn(C)n2)c1OC. The van der Waals surface area contributed by atoms with E-state index in [0.717, 1.165) is 0 Å². The molecular weight excluding hydrogens is 436 g/mol. The summed E-state index contributed by atoms with van der Waals surface area (Å²) >= 11 is 0. The van der Waals surface area contributed by atoms with E-state index in [1.165, 1.54) is 19.4 Å². The summed E-state index contributed by atoms with van der Waals surface area (Å²) in [6.07, 6.45) is 2.72. The van der Waals surface area contributed by atoms with Gasteiger partial charge in [-0.15, -0.1) is 0 Å². The molecule has 12 heteroatoms. The van der Waals surface area contributed by atoms with Gasteiger partial charge in [0.1, 0.15) is 35.3 Å². The zero-order valence-electron chi connectivity index (χ0n) is 21.1. The summed E-state index contributed by atoms with van der Waals surface area (Å²) in [6.45, 7) is -2.73. The Balaban J connectivity index is 1.75. The number of nitriles is 1. The second-order valence-electron chi connectivity index (χ2n) is 6.81. The van der Waals surface area contributed by atoms with Crippen molar-refractivity contribution in [3.63, 3.8) is 0 Å². The number of benzene rings is 1. The Bertz CT molecular complexity index is 1500. The van der Waals surface area contributed by atoms with Crippen molar-refractivity contribution < 1.29 is 13.6 Å². The van der Waals surface area contributed by atoms with Crippen LogP contribution in [0.2, 0.25) is 0 Å². The monoisotopic (exact) mass is 459 g/mol. The van der Waals surface area contributed by atoms with Crippen LogP contribution in [0, 0.1) is 11.3 Å². The number of nitrogens with one attached hydrogen (secondary N) is 3. The maximum Gasteiger partial charge on any atom is 0.256 e. The minimum atomic E-state index is -2.73. The molecule has 3 heterocycles. The average Bonchev–Trinajstić information content (AvgIpc) is 3.29. The molecule has 0 aliphatic carbocycles. The molecule has 0 aliphatic heterocycles. The quantitative estimate of drug-likeness (QED) is 0.375. The fourth-order valence-electron chi connectivity index (χ4n) is 3.07. The molecular formula is C22H20N10O2. The third-order valence-corrected chi connectivity index (χ3v) is 4.56. The minimum Gasteiger partial charge on any atom is -0.494 e. The highest BCUT2D eigenvalue weighted by molar-refractivity contribution is 5.99. The lowest BCUT2D eigenvalue weighted by atomic mass is 10.1. The fourth-order valence-corrected chi connectivity index (χ4v) is 3.07. The average molecular weight is 459 g/mol. The molecule has 4 aromatic rings. The van der Waals surface area contributed by atoms with Crippen LogP contribution in [0.4, 0.5) is 23.3 Å². The molecule has 4 rings (SSSR count). The highest BCUT2D eigenvalue weighted by atomic mass is 16.5. The summed E-state index contributed by atoms with van der Waals surface area (Å²) < 4.78 is 29.3. The smallest absolute Gasteiger partial charge is 0.256 e. The number of rotatable bonds is 7. The van der Waals surface area contributed by atoms with Gasteiger partial charge in [-0.1, -0.05) is 12.1 Å². The topological polar surface area (TPSA) is 156 Å². The predicted octanol–water partition coefficient (Wildman–Crippen LogP) is 2.39. The maximum atomic E-state index is 12.8. The summed E-state index contributed by atoms with van der Waals surface area (Å²) in [6, 6.07) is 11.9. The van der Waals surface area contributed by atoms with Crippen molar-refractivity contribution in [1.29, 1.82) is 5.26 Å². The molecule has 12 nitrogen and oxygen atoms in total. The number of methoxy groups -OCH3 is 1. The number of nitrogens with zero attached hydrogens (tertiary/aromatic N) is 7. The van der Waals surface area contributed by atoms with Gasteiger partial charge in [-0.3, -0.25) is 9.48 Å². The second kappa shape index (κ2) is 9.61. The number of aromatic nitrogens is 6. The summed E-state index contributed by atoms with van der Waals surface area (Å²) in [5, 5.41) is 21.2. The van der Waals surface area contributed by atoms with Crippen LogP contribution >= 0.6 is 0 Å². The lowest BCUT2D eigenvalue weighted by Gasteiger charge is -2.16. The van der Waals surface area contributed by atoms with Crippen molar-refractivity contribution in [2.24, 2.45) is 7.05 Å². The predicted molar refractivity (Wildman–Crippen MR) is 124 cm³/mol. The van der Waals surface area contributed by atoms with Crippen molar-refractivity contribution in [3.8, 4) is 23.2 Å². The molecule has 0 radical (unpaired) electrons. The third-order valence-electron chi connectivity index (χ3n) is 4.56. The number of anilines is 4. The van der Waals surface area contributed by atoms with E-state index in [0.29, 0.717) is 28.6 Å². The molecule has 0 unspecified atom stereocenters. The molecule has 0 atom stereocenters. The molecule has 0 aliphatic rings. The highest BCUT2D eigenvalue weighted by Gasteiger charge is 2.19. The van der Waals surface area contributed by atoms with E-state index in [1.54, 1.807) is 48.4 Å². The number of para-hydroxylation sites is 1. The Morgan fingerprint density at radius 1 is 1.18 bits per heavy atom. The van der Waals surface area contributed by atoms with E-state index in [-0.39, 0.29) is 23.0 Å². The largest absolute Gasteiger partial charge is 0.494 e. The third kappa shape index (κ3) is 4.58. The van der Waals surface area contributed by atoms with Gasteiger partial charge in [-0.2, -0.15) is 15.3 Å². The molecule has 3 N–H and O–H groups in total. The zero-order valence-corrected chi connectivity index (χ0v) is 18.1. The van der Waals surface area contributed by atoms with Crippen LogP contribution in [-0.4, -0.2) is 49.7 Å². The summed E-state index contributed by atoms with van der Waals surface area (Å²) in [5.41, 5.74) is 1.03. The van der Waals surface area contributed by atoms with E-state index in [4.69, 9.17) is 14.1 Å². The van der Waals surface area contributed by atoms with Gasteiger partial charge in [0.15, 0.2) is 11.6 Å². The maximum absolute atomic E-state index is 12.8. The van der Waals surface area contributed by atoms with Gasteiger partial charge in [0.25, 0.3) is 5.91 Å². The standard InChI is InChI=1S/C22H20N10O2/c1-24-21(33)15-11-25-22(29-17-9-4-6-13(10-23)27-17)30-20(15)28-16-8-5-7-14(18(16)34-3)19-26-12-32(2)31-19/h4-9,11-12H,1-3H3,(H,24,33)(H2,25,27,28,29,30)/i1D3. The van der Waals surface area contributed by atoms with E-state index < -0.39 is 12.9 Å². The first-order chi connectivity index (χ1) is 17.7. The van der Waals surface area contributed by atoms with Crippen LogP contribution in [0.15, 0.2) is 48.9 Å². The number of ether oxygens (including phenoxy) is 1. The summed E-state index contributed by atoms with van der Waals surface area (Å²) in [4.78, 5) is 29.6. The Hall–Kier alpha value is -5.05. The molecule has 3 aromatic heterocycles. The first kappa shape index (κ1) is 18.5. The number of pyridine rings is 1. The zero-order chi connectivity index (χ0) is 26.6. The number of carbonyl (C=O) groups is 1. The van der Waals surface area contributed by atoms with Crippen LogP contribution in [0.1, 0.15) is 20.2 Å². The van der Waals surface area contributed by atoms with Gasteiger partial charge < -0.3 is 20.7 Å². The number of aryl methyl sites for hydroxylation is 1. The van der Waals surface area contributed by atoms with E-state index in [2.05, 4.69) is 35.7 Å². The number of hydrogen-bond donors (Lipinski definition) is 3. The molecule has 0 saturated heterocycles. The van der Waals surface area contributed by atoms with Gasteiger partial charge in [0.05, 0.1) is 18.4 Å². The first-order valence-corrected chi connectivity index (χ1v) is 9.80. The Kier molecular flexibility index (Phi) is 5.24. The number of amides is 1. The Morgan fingerprint density at radius 3 is 2.76 bits per heavy atom. The highest BCUT2D eigenvalue weighted by Crippen LogP contribution is 2.36. The normalized spacial score (nSPS) is 12.0. The lowest BCUT2D eigenvalue weighted by Crippen LogP contribution is -2.20. The van der Waals surface area contributed by atoms with Crippen LogP contribution in [-0.2, 0) is 7.05 Å². The molecule has 0 spiro atoms. The minimum absolute atomic E-state index is 0.0138. The molecule has 170 valence electrons. The van der Waals surface area contributed by atoms with Crippen molar-refractivity contribution >= 4 is 29.2 Å². The van der Waals surface area contributed by atoms with Crippen LogP contribution < -0.4 is 20.7 Å². The molecule has 1 amide bonds. The second-order valence-corrected chi connectivity index (χ2v) is 6.81. The molecule has 34 heavy (non-hydrogen) atoms. The van der Waals surface area contributed by atoms with Crippen LogP contribution in [0.3, 0.4) is 0 Å². The van der Waals surface area contributed by atoms with Crippen LogP contribution in [0.5, 0.6) is 5.75 Å². The molecule has 0 bridgehead atoms. The van der Waals surface area contributed by atoms with E-state index in [9.17, 15) is 4.79 Å². The van der Waals surface area contributed by atoms with Gasteiger partial charge in [-0.25, -0.2) is 15.0 Å². The molecule has 1 aromatic carbocycles. The first-order valence-electron chi connectivity index (χ1n) is 11.3. The van der Waals surface area contributed by atoms with E-state index >= 15 is 0 Å². The number of carbonyl (C=O) groups excluding carboxylic acids is 1. The van der Waals surface area contributed by atoms with Crippen molar-refractivity contribution in [3.05, 3.63) is 60.2 Å². The van der Waals surface area contributed by atoms with Crippen molar-refractivity contribution in [1.82, 2.24) is 35.0 Å². The van der Waals surface area contributed by atoms with Crippen LogP contribution in [0.25, 0.3) is 11.4 Å². The van der Waals surface area contributed by atoms with Crippen molar-refractivity contribution in [2.75, 3.05) is 24.7 Å².